The summed E-state index contributed by atoms with van der Waals surface area (Å²) in [5.74, 6) is -2.67. The van der Waals surface area contributed by atoms with Crippen molar-refractivity contribution >= 4 is 23.4 Å². The van der Waals surface area contributed by atoms with Crippen LogP contribution in [0.25, 0.3) is 0 Å². The van der Waals surface area contributed by atoms with Crippen LogP contribution < -0.4 is 10.1 Å². The summed E-state index contributed by atoms with van der Waals surface area (Å²) in [4.78, 5) is 44.6. The Kier molecular flexibility index (Phi) is 7.81. The van der Waals surface area contributed by atoms with Crippen molar-refractivity contribution in [3.63, 3.8) is 0 Å². The molecule has 0 unspecified atom stereocenters. The van der Waals surface area contributed by atoms with Gasteiger partial charge >= 0.3 is 0 Å². The third-order valence-electron chi connectivity index (χ3n) is 7.71. The molecule has 3 amide bonds. The van der Waals surface area contributed by atoms with E-state index in [2.05, 4.69) is 10.2 Å². The maximum absolute atomic E-state index is 13.5. The molecule has 2 aromatic carbocycles. The molecule has 0 spiro atoms. The van der Waals surface area contributed by atoms with Gasteiger partial charge in [0.1, 0.15) is 18.5 Å². The molecular formula is C28H32F2N4O5. The minimum Gasteiger partial charge on any atom is -0.490 e. The van der Waals surface area contributed by atoms with Crippen LogP contribution in [0.2, 0.25) is 0 Å². The van der Waals surface area contributed by atoms with E-state index in [0.717, 1.165) is 25.2 Å². The number of hydrogen-bond donors (Lipinski definition) is 1. The highest BCUT2D eigenvalue weighted by Gasteiger charge is 2.39. The molecule has 0 bridgehead atoms. The standard InChI is InChI=1S/C28H32F2N4O5/c1-32-9-11-34(12-10-32)26(35)15-19-5-7-23-25(39-19)16-38-24-8-4-18(14-20(24)28(37)33(23)2)31-27(36)17-3-6-21(29)22(30)13-17/h3-4,6,8,13-14,19,23,25H,5,7,9-12,15-16H2,1-2H3,(H,31,36)/t19-,23+,25-/m1/s1. The van der Waals surface area contributed by atoms with E-state index < -0.39 is 17.5 Å². The molecule has 1 N–H and O–H groups in total. The predicted molar refractivity (Wildman–Crippen MR) is 139 cm³/mol. The highest BCUT2D eigenvalue weighted by Crippen LogP contribution is 2.33. The third kappa shape index (κ3) is 5.89. The molecule has 3 heterocycles. The van der Waals surface area contributed by atoms with Crippen LogP contribution in [-0.4, -0.2) is 97.6 Å². The molecule has 3 atom stereocenters. The van der Waals surface area contributed by atoms with Crippen molar-refractivity contribution in [2.45, 2.75) is 37.5 Å². The van der Waals surface area contributed by atoms with Gasteiger partial charge in [0.15, 0.2) is 11.6 Å². The van der Waals surface area contributed by atoms with Gasteiger partial charge in [0, 0.05) is 44.5 Å². The first-order valence-electron chi connectivity index (χ1n) is 13.1. The number of nitrogens with zero attached hydrogens (tertiary/aromatic N) is 3. The summed E-state index contributed by atoms with van der Waals surface area (Å²) in [6.45, 7) is 3.36. The first-order valence-corrected chi connectivity index (χ1v) is 13.1. The van der Waals surface area contributed by atoms with Crippen molar-refractivity contribution in [2.75, 3.05) is 52.2 Å². The molecule has 39 heavy (non-hydrogen) atoms. The van der Waals surface area contributed by atoms with Gasteiger partial charge in [0.2, 0.25) is 5.91 Å². The summed E-state index contributed by atoms with van der Waals surface area (Å²) in [7, 11) is 3.75. The number of rotatable bonds is 4. The van der Waals surface area contributed by atoms with E-state index in [4.69, 9.17) is 9.47 Å². The van der Waals surface area contributed by atoms with Crippen LogP contribution in [-0.2, 0) is 9.53 Å². The van der Waals surface area contributed by atoms with E-state index in [9.17, 15) is 23.2 Å². The molecule has 2 aromatic rings. The number of anilines is 1. The number of hydrogen-bond acceptors (Lipinski definition) is 6. The molecule has 0 radical (unpaired) electrons. The first kappa shape index (κ1) is 27.0. The quantitative estimate of drug-likeness (QED) is 0.639. The van der Waals surface area contributed by atoms with Crippen LogP contribution in [0, 0.1) is 11.6 Å². The van der Waals surface area contributed by atoms with Gasteiger partial charge in [-0.05, 0) is 56.3 Å². The number of piperazine rings is 1. The third-order valence-corrected chi connectivity index (χ3v) is 7.71. The van der Waals surface area contributed by atoms with Gasteiger partial charge < -0.3 is 29.5 Å². The molecule has 208 valence electrons. The van der Waals surface area contributed by atoms with Crippen LogP contribution in [0.15, 0.2) is 36.4 Å². The Morgan fingerprint density at radius 3 is 2.51 bits per heavy atom. The average Bonchev–Trinajstić information content (AvgIpc) is 2.92. The predicted octanol–water partition coefficient (Wildman–Crippen LogP) is 2.76. The van der Waals surface area contributed by atoms with Gasteiger partial charge in [-0.25, -0.2) is 8.78 Å². The normalized spacial score (nSPS) is 23.7. The molecule has 3 aliphatic rings. The summed E-state index contributed by atoms with van der Waals surface area (Å²) in [6, 6.07) is 7.30. The number of nitrogens with one attached hydrogen (secondary N) is 1. The number of fused-ring (bicyclic) bond motifs is 2. The van der Waals surface area contributed by atoms with E-state index >= 15 is 0 Å². The second kappa shape index (κ2) is 11.3. The highest BCUT2D eigenvalue weighted by molar-refractivity contribution is 6.05. The van der Waals surface area contributed by atoms with Gasteiger partial charge in [-0.1, -0.05) is 0 Å². The second-order valence-corrected chi connectivity index (χ2v) is 10.4. The number of carbonyl (C=O) groups is 3. The Morgan fingerprint density at radius 1 is 1.00 bits per heavy atom. The zero-order valence-corrected chi connectivity index (χ0v) is 22.0. The number of carbonyl (C=O) groups excluding carboxylic acids is 3. The molecule has 2 fully saturated rings. The largest absolute Gasteiger partial charge is 0.490 e. The van der Waals surface area contributed by atoms with Crippen LogP contribution in [0.5, 0.6) is 5.75 Å². The number of amides is 3. The highest BCUT2D eigenvalue weighted by atomic mass is 19.2. The SMILES string of the molecule is CN1CCN(C(=O)C[C@H]2CC[C@H]3[C@@H](COc4ccc(NC(=O)c5ccc(F)c(F)c5)cc4C(=O)N3C)O2)CC1. The van der Waals surface area contributed by atoms with E-state index in [1.54, 1.807) is 24.1 Å². The number of halogens is 2. The smallest absolute Gasteiger partial charge is 0.257 e. The van der Waals surface area contributed by atoms with E-state index in [1.807, 2.05) is 11.9 Å². The minimum atomic E-state index is -1.12. The Balaban J connectivity index is 1.25. The lowest BCUT2D eigenvalue weighted by molar-refractivity contribution is -0.144. The Bertz CT molecular complexity index is 1270. The first-order chi connectivity index (χ1) is 18.7. The fourth-order valence-corrected chi connectivity index (χ4v) is 5.33. The molecule has 0 aliphatic carbocycles. The van der Waals surface area contributed by atoms with Crippen molar-refractivity contribution in [2.24, 2.45) is 0 Å². The summed E-state index contributed by atoms with van der Waals surface area (Å²) < 4.78 is 39.1. The average molecular weight is 543 g/mol. The number of likely N-dealkylation sites (N-methyl/N-ethyl adjacent to an activating group) is 2. The zero-order chi connectivity index (χ0) is 27.7. The molecule has 2 saturated heterocycles. The zero-order valence-electron chi connectivity index (χ0n) is 22.0. The van der Waals surface area contributed by atoms with Gasteiger partial charge in [-0.3, -0.25) is 14.4 Å². The maximum atomic E-state index is 13.5. The van der Waals surface area contributed by atoms with Crippen molar-refractivity contribution < 1.29 is 32.6 Å². The van der Waals surface area contributed by atoms with Gasteiger partial charge in [-0.15, -0.1) is 0 Å². The van der Waals surface area contributed by atoms with Gasteiger partial charge in [0.05, 0.1) is 24.1 Å². The number of benzene rings is 2. The molecular weight excluding hydrogens is 510 g/mol. The maximum Gasteiger partial charge on any atom is 0.257 e. The minimum absolute atomic E-state index is 0.0526. The summed E-state index contributed by atoms with van der Waals surface area (Å²) in [6.07, 6.45) is 0.994. The fraction of sp³-hybridized carbons (Fsp3) is 0.464. The molecule has 5 rings (SSSR count). The Morgan fingerprint density at radius 2 is 1.77 bits per heavy atom. The van der Waals surface area contributed by atoms with E-state index in [0.29, 0.717) is 43.8 Å². The van der Waals surface area contributed by atoms with Crippen molar-refractivity contribution in [3.8, 4) is 5.75 Å². The molecule has 9 nitrogen and oxygen atoms in total. The summed E-state index contributed by atoms with van der Waals surface area (Å²) >= 11 is 0. The second-order valence-electron chi connectivity index (χ2n) is 10.4. The van der Waals surface area contributed by atoms with Crippen molar-refractivity contribution in [3.05, 3.63) is 59.2 Å². The topological polar surface area (TPSA) is 91.4 Å². The van der Waals surface area contributed by atoms with Gasteiger partial charge in [-0.2, -0.15) is 0 Å². The molecule has 0 aromatic heterocycles. The monoisotopic (exact) mass is 542 g/mol. The summed E-state index contributed by atoms with van der Waals surface area (Å²) in [5, 5.41) is 2.62. The van der Waals surface area contributed by atoms with Crippen LogP contribution >= 0.6 is 0 Å². The molecule has 0 saturated carbocycles. The van der Waals surface area contributed by atoms with Crippen LogP contribution in [0.1, 0.15) is 40.0 Å². The van der Waals surface area contributed by atoms with E-state index in [1.165, 1.54) is 12.1 Å². The lowest BCUT2D eigenvalue weighted by Crippen LogP contribution is -2.54. The fourth-order valence-electron chi connectivity index (χ4n) is 5.33. The lowest BCUT2D eigenvalue weighted by Gasteiger charge is -2.42. The molecule has 3 aliphatic heterocycles. The Labute approximate surface area is 225 Å². The van der Waals surface area contributed by atoms with E-state index in [-0.39, 0.29) is 47.8 Å². The molecule has 11 heteroatoms. The lowest BCUT2D eigenvalue weighted by atomic mass is 9.94. The van der Waals surface area contributed by atoms with Crippen molar-refractivity contribution in [1.29, 1.82) is 0 Å². The number of ether oxygens (including phenoxy) is 2. The van der Waals surface area contributed by atoms with Crippen LogP contribution in [0.3, 0.4) is 0 Å². The van der Waals surface area contributed by atoms with Gasteiger partial charge in [0.25, 0.3) is 11.8 Å². The van der Waals surface area contributed by atoms with Crippen molar-refractivity contribution in [1.82, 2.24) is 14.7 Å². The Hall–Kier alpha value is -3.57. The summed E-state index contributed by atoms with van der Waals surface area (Å²) in [5.41, 5.74) is 0.530. The van der Waals surface area contributed by atoms with Crippen LogP contribution in [0.4, 0.5) is 14.5 Å².